The van der Waals surface area contributed by atoms with Crippen LogP contribution in [0, 0.1) is 28.6 Å². The first-order valence-electron chi connectivity index (χ1n) is 11.6. The molecule has 6 heteroatoms. The van der Waals surface area contributed by atoms with Gasteiger partial charge in [-0.05, 0) is 68.1 Å². The van der Waals surface area contributed by atoms with Crippen LogP contribution in [0.4, 0.5) is 0 Å². The lowest BCUT2D eigenvalue weighted by molar-refractivity contribution is -0.143. The van der Waals surface area contributed by atoms with Crippen LogP contribution in [-0.4, -0.2) is 39.2 Å². The average molecular weight is 417 g/mol. The van der Waals surface area contributed by atoms with Gasteiger partial charge in [-0.15, -0.1) is 0 Å². The van der Waals surface area contributed by atoms with Crippen molar-refractivity contribution in [2.75, 3.05) is 0 Å². The first-order valence-corrected chi connectivity index (χ1v) is 11.6. The van der Waals surface area contributed by atoms with Crippen LogP contribution in [0.15, 0.2) is 21.5 Å². The van der Waals surface area contributed by atoms with E-state index < -0.39 is 11.7 Å². The van der Waals surface area contributed by atoms with Crippen LogP contribution in [0.25, 0.3) is 0 Å². The van der Waals surface area contributed by atoms with Gasteiger partial charge in [0.2, 0.25) is 0 Å². The molecule has 10 atom stereocenters. The molecule has 0 bridgehead atoms. The number of epoxide rings is 1. The number of hydrogen-bond donors (Lipinski definition) is 3. The minimum atomic E-state index is -0.717. The highest BCUT2D eigenvalue weighted by atomic mass is 16.6. The molecule has 1 aliphatic heterocycles. The summed E-state index contributed by atoms with van der Waals surface area (Å²) in [5.41, 5.74) is -0.516. The molecule has 6 rings (SSSR count). The van der Waals surface area contributed by atoms with Crippen molar-refractivity contribution in [2.45, 2.75) is 88.6 Å². The van der Waals surface area contributed by atoms with E-state index in [0.29, 0.717) is 23.3 Å². The van der Waals surface area contributed by atoms with Gasteiger partial charge in [-0.25, -0.2) is 4.79 Å². The zero-order valence-electron chi connectivity index (χ0n) is 17.7. The van der Waals surface area contributed by atoms with Crippen LogP contribution in [0.1, 0.15) is 70.3 Å². The van der Waals surface area contributed by atoms with Crippen molar-refractivity contribution < 1.29 is 24.5 Å². The molecule has 0 amide bonds. The van der Waals surface area contributed by atoms with Crippen molar-refractivity contribution in [2.24, 2.45) is 28.6 Å². The molecule has 30 heavy (non-hydrogen) atoms. The minimum absolute atomic E-state index is 0.0907. The molecule has 1 aromatic rings. The van der Waals surface area contributed by atoms with Gasteiger partial charge in [0, 0.05) is 16.9 Å². The Labute approximate surface area is 176 Å². The van der Waals surface area contributed by atoms with Crippen molar-refractivity contribution in [3.05, 3.63) is 28.3 Å². The van der Waals surface area contributed by atoms with Gasteiger partial charge in [-0.3, -0.25) is 0 Å². The third-order valence-electron chi connectivity index (χ3n) is 10.3. The number of aliphatic hydroxyl groups excluding tert-OH is 2. The molecule has 3 N–H and O–H groups in total. The van der Waals surface area contributed by atoms with E-state index in [2.05, 4.69) is 13.8 Å². The number of ether oxygens (including phenoxy) is 1. The average Bonchev–Trinajstić information content (AvgIpc) is 3.40. The van der Waals surface area contributed by atoms with E-state index >= 15 is 0 Å². The predicted octanol–water partition coefficient (Wildman–Crippen LogP) is 2.93. The maximum absolute atomic E-state index is 11.5. The van der Waals surface area contributed by atoms with E-state index in [4.69, 9.17) is 9.15 Å². The molecule has 0 aromatic carbocycles. The summed E-state index contributed by atoms with van der Waals surface area (Å²) in [5.74, 6) is 1.09. The third-order valence-corrected chi connectivity index (χ3v) is 10.3. The van der Waals surface area contributed by atoms with Gasteiger partial charge in [0.25, 0.3) is 0 Å². The second-order valence-corrected chi connectivity index (χ2v) is 11.2. The zero-order chi connectivity index (χ0) is 21.1. The molecule has 1 spiro atoms. The van der Waals surface area contributed by atoms with Gasteiger partial charge in [0.1, 0.15) is 23.7 Å². The Bertz CT molecular complexity index is 942. The largest absolute Gasteiger partial charge is 0.507 e. The van der Waals surface area contributed by atoms with E-state index in [1.165, 1.54) is 6.26 Å². The Balaban J connectivity index is 1.40. The van der Waals surface area contributed by atoms with Crippen molar-refractivity contribution in [1.82, 2.24) is 0 Å². The molecule has 6 nitrogen and oxygen atoms in total. The number of aromatic hydroxyl groups is 1. The van der Waals surface area contributed by atoms with Crippen LogP contribution in [-0.2, 0) is 4.74 Å². The molecule has 0 radical (unpaired) electrons. The Hall–Kier alpha value is -1.37. The normalized spacial score (nSPS) is 53.9. The number of rotatable bonds is 1. The molecule has 10 unspecified atom stereocenters. The van der Waals surface area contributed by atoms with E-state index in [0.717, 1.165) is 51.0 Å². The third kappa shape index (κ3) is 2.13. The fraction of sp³-hybridized carbons (Fsp3) is 0.792. The number of fused-ring (bicyclic) bond motifs is 3. The Morgan fingerprint density at radius 1 is 1.07 bits per heavy atom. The standard InChI is InChI=1S/C24H32O6/c1-22-7-5-13(25)9-12(22)3-4-16-15(22)6-8-23(2)19(20(28)21-24(16,23)30-21)14-11-29-18(27)10-17(14)26/h10-13,15-16,19-21,25-26,28H,3-9H2,1-2H3. The molecule has 1 saturated heterocycles. The lowest BCUT2D eigenvalue weighted by Gasteiger charge is -2.61. The number of hydrogen-bond acceptors (Lipinski definition) is 6. The maximum atomic E-state index is 11.5. The maximum Gasteiger partial charge on any atom is 0.339 e. The highest BCUT2D eigenvalue weighted by molar-refractivity contribution is 5.42. The molecule has 2 heterocycles. The van der Waals surface area contributed by atoms with E-state index in [1.54, 1.807) is 0 Å². The zero-order valence-corrected chi connectivity index (χ0v) is 17.7. The number of aliphatic hydroxyl groups is 2. The van der Waals surface area contributed by atoms with Gasteiger partial charge >= 0.3 is 5.63 Å². The van der Waals surface area contributed by atoms with Crippen LogP contribution in [0.5, 0.6) is 5.75 Å². The molecule has 4 saturated carbocycles. The highest BCUT2D eigenvalue weighted by Gasteiger charge is 2.83. The molecular formula is C24H32O6. The van der Waals surface area contributed by atoms with E-state index in [-0.39, 0.29) is 40.3 Å². The lowest BCUT2D eigenvalue weighted by Crippen LogP contribution is -2.58. The van der Waals surface area contributed by atoms with Crippen LogP contribution in [0.3, 0.4) is 0 Å². The van der Waals surface area contributed by atoms with Gasteiger partial charge in [-0.1, -0.05) is 13.8 Å². The predicted molar refractivity (Wildman–Crippen MR) is 108 cm³/mol. The monoisotopic (exact) mass is 416 g/mol. The molecule has 164 valence electrons. The Kier molecular flexibility index (Phi) is 3.80. The summed E-state index contributed by atoms with van der Waals surface area (Å²) in [4.78, 5) is 11.5. The Morgan fingerprint density at radius 2 is 1.87 bits per heavy atom. The SMILES string of the molecule is CC12CCC(O)CC1CCC1C2CCC2(C)C(c3coc(=O)cc3O)C(O)C3OC132. The van der Waals surface area contributed by atoms with E-state index in [9.17, 15) is 20.1 Å². The van der Waals surface area contributed by atoms with Gasteiger partial charge in [0.05, 0.1) is 18.3 Å². The smallest absolute Gasteiger partial charge is 0.339 e. The summed E-state index contributed by atoms with van der Waals surface area (Å²) in [6.45, 7) is 4.63. The van der Waals surface area contributed by atoms with Crippen molar-refractivity contribution >= 4 is 0 Å². The van der Waals surface area contributed by atoms with Gasteiger partial charge < -0.3 is 24.5 Å². The van der Waals surface area contributed by atoms with Crippen LogP contribution < -0.4 is 5.63 Å². The van der Waals surface area contributed by atoms with Crippen LogP contribution >= 0.6 is 0 Å². The molecule has 1 aromatic heterocycles. The van der Waals surface area contributed by atoms with Crippen LogP contribution in [0.2, 0.25) is 0 Å². The van der Waals surface area contributed by atoms with Crippen molar-refractivity contribution in [1.29, 1.82) is 0 Å². The first kappa shape index (κ1) is 19.3. The highest BCUT2D eigenvalue weighted by Crippen LogP contribution is 2.78. The summed E-state index contributed by atoms with van der Waals surface area (Å²) in [6, 6.07) is 1.11. The quantitative estimate of drug-likeness (QED) is 0.608. The van der Waals surface area contributed by atoms with Gasteiger partial charge in [0.15, 0.2) is 0 Å². The summed E-state index contributed by atoms with van der Waals surface area (Å²) in [7, 11) is 0. The topological polar surface area (TPSA) is 103 Å². The molecule has 5 aliphatic rings. The molecular weight excluding hydrogens is 384 g/mol. The fourth-order valence-electron chi connectivity index (χ4n) is 8.87. The molecule has 5 fully saturated rings. The van der Waals surface area contributed by atoms with Crippen molar-refractivity contribution in [3.63, 3.8) is 0 Å². The first-order chi connectivity index (χ1) is 14.2. The lowest BCUT2D eigenvalue weighted by atomic mass is 9.44. The van der Waals surface area contributed by atoms with Gasteiger partial charge in [-0.2, -0.15) is 0 Å². The second kappa shape index (κ2) is 5.90. The summed E-state index contributed by atoms with van der Waals surface area (Å²) in [6.07, 6.45) is 7.25. The Morgan fingerprint density at radius 3 is 2.63 bits per heavy atom. The summed E-state index contributed by atoms with van der Waals surface area (Å²) >= 11 is 0. The molecule has 4 aliphatic carbocycles. The summed E-state index contributed by atoms with van der Waals surface area (Å²) < 4.78 is 11.5. The van der Waals surface area contributed by atoms with Crippen molar-refractivity contribution in [3.8, 4) is 5.75 Å². The second-order valence-electron chi connectivity index (χ2n) is 11.2. The minimum Gasteiger partial charge on any atom is -0.507 e. The van der Waals surface area contributed by atoms with E-state index in [1.807, 2.05) is 0 Å². The fourth-order valence-corrected chi connectivity index (χ4v) is 8.87. The summed E-state index contributed by atoms with van der Waals surface area (Å²) in [5, 5.41) is 32.0.